The molecule has 1 atom stereocenters. The van der Waals surface area contributed by atoms with Crippen LogP contribution in [0.4, 0.5) is 0 Å². The van der Waals surface area contributed by atoms with Gasteiger partial charge in [0.15, 0.2) is 0 Å². The number of methoxy groups -OCH3 is 1. The van der Waals surface area contributed by atoms with Crippen LogP contribution in [0, 0.1) is 13.8 Å². The minimum absolute atomic E-state index is 0.220. The van der Waals surface area contributed by atoms with Gasteiger partial charge in [0, 0.05) is 23.9 Å². The summed E-state index contributed by atoms with van der Waals surface area (Å²) in [5.74, 6) is 0.834. The van der Waals surface area contributed by atoms with Gasteiger partial charge < -0.3 is 14.8 Å². The van der Waals surface area contributed by atoms with Gasteiger partial charge in [0.1, 0.15) is 5.75 Å². The van der Waals surface area contributed by atoms with E-state index >= 15 is 0 Å². The maximum Gasteiger partial charge on any atom is 0.121 e. The van der Waals surface area contributed by atoms with E-state index in [2.05, 4.69) is 19.2 Å². The molecule has 0 aliphatic carbocycles. The molecule has 112 valence electrons. The Morgan fingerprint density at radius 3 is 2.95 bits per heavy atom. The van der Waals surface area contributed by atoms with Gasteiger partial charge in [-0.05, 0) is 26.0 Å². The van der Waals surface area contributed by atoms with Gasteiger partial charge in [0.25, 0.3) is 0 Å². The zero-order valence-corrected chi connectivity index (χ0v) is 12.7. The molecule has 1 N–H and O–H groups in total. The molecule has 1 aliphatic heterocycles. The Kier molecular flexibility index (Phi) is 3.94. The van der Waals surface area contributed by atoms with Crippen molar-refractivity contribution < 1.29 is 9.47 Å². The summed E-state index contributed by atoms with van der Waals surface area (Å²) in [6, 6.07) is 8.17. The Labute approximate surface area is 124 Å². The first-order chi connectivity index (χ1) is 10.2. The van der Waals surface area contributed by atoms with Gasteiger partial charge in [-0.1, -0.05) is 6.07 Å². The van der Waals surface area contributed by atoms with E-state index in [1.807, 2.05) is 28.9 Å². The second-order valence-electron chi connectivity index (χ2n) is 5.28. The van der Waals surface area contributed by atoms with Gasteiger partial charge in [-0.2, -0.15) is 5.10 Å². The number of aromatic nitrogens is 2. The largest absolute Gasteiger partial charge is 0.497 e. The zero-order chi connectivity index (χ0) is 14.8. The average molecular weight is 287 g/mol. The maximum atomic E-state index is 5.58. The number of hydrogen-bond donors (Lipinski definition) is 1. The minimum Gasteiger partial charge on any atom is -0.497 e. The summed E-state index contributed by atoms with van der Waals surface area (Å²) in [6.07, 6.45) is 0. The summed E-state index contributed by atoms with van der Waals surface area (Å²) < 4.78 is 12.9. The lowest BCUT2D eigenvalue weighted by Crippen LogP contribution is -2.35. The van der Waals surface area contributed by atoms with E-state index in [0.717, 1.165) is 36.0 Å². The Bertz CT molecular complexity index is 630. The van der Waals surface area contributed by atoms with Crippen molar-refractivity contribution in [2.45, 2.75) is 19.9 Å². The third kappa shape index (κ3) is 2.66. The fourth-order valence-corrected chi connectivity index (χ4v) is 2.90. The lowest BCUT2D eigenvalue weighted by Gasteiger charge is -2.24. The number of aryl methyl sites for hydroxylation is 1. The first kappa shape index (κ1) is 14.1. The highest BCUT2D eigenvalue weighted by Crippen LogP contribution is 2.26. The third-order valence-electron chi connectivity index (χ3n) is 3.92. The summed E-state index contributed by atoms with van der Waals surface area (Å²) in [4.78, 5) is 0. The van der Waals surface area contributed by atoms with E-state index < -0.39 is 0 Å². The van der Waals surface area contributed by atoms with E-state index in [4.69, 9.17) is 14.6 Å². The minimum atomic E-state index is 0.220. The Morgan fingerprint density at radius 2 is 2.24 bits per heavy atom. The summed E-state index contributed by atoms with van der Waals surface area (Å²) >= 11 is 0. The Balaban J connectivity index is 2.00. The molecule has 1 fully saturated rings. The summed E-state index contributed by atoms with van der Waals surface area (Å²) in [5, 5.41) is 8.20. The maximum absolute atomic E-state index is 5.58. The summed E-state index contributed by atoms with van der Waals surface area (Å²) in [6.45, 7) is 6.51. The van der Waals surface area contributed by atoms with Gasteiger partial charge >= 0.3 is 0 Å². The second-order valence-corrected chi connectivity index (χ2v) is 5.28. The highest BCUT2D eigenvalue weighted by atomic mass is 16.5. The Morgan fingerprint density at radius 1 is 1.38 bits per heavy atom. The molecule has 2 aromatic rings. The van der Waals surface area contributed by atoms with E-state index in [0.29, 0.717) is 6.61 Å². The van der Waals surface area contributed by atoms with Crippen molar-refractivity contribution in [2.24, 2.45) is 0 Å². The van der Waals surface area contributed by atoms with Crippen LogP contribution in [-0.4, -0.2) is 36.6 Å². The molecule has 0 bridgehead atoms. The highest BCUT2D eigenvalue weighted by molar-refractivity contribution is 5.42. The molecule has 5 heteroatoms. The summed E-state index contributed by atoms with van der Waals surface area (Å²) in [7, 11) is 1.68. The van der Waals surface area contributed by atoms with Crippen LogP contribution in [0.25, 0.3) is 5.69 Å². The molecule has 3 rings (SSSR count). The second kappa shape index (κ2) is 5.87. The lowest BCUT2D eigenvalue weighted by atomic mass is 10.0. The van der Waals surface area contributed by atoms with Crippen LogP contribution < -0.4 is 10.1 Å². The molecule has 0 spiro atoms. The van der Waals surface area contributed by atoms with Crippen LogP contribution in [0.1, 0.15) is 23.0 Å². The molecule has 5 nitrogen and oxygen atoms in total. The first-order valence-corrected chi connectivity index (χ1v) is 7.22. The molecule has 1 aromatic heterocycles. The Hall–Kier alpha value is -1.85. The molecule has 1 aromatic carbocycles. The molecule has 1 aliphatic rings. The summed E-state index contributed by atoms with van der Waals surface area (Å²) in [5.41, 5.74) is 4.43. The predicted molar refractivity (Wildman–Crippen MR) is 81.2 cm³/mol. The van der Waals surface area contributed by atoms with Gasteiger partial charge in [0.2, 0.25) is 0 Å². The number of rotatable bonds is 3. The molecule has 21 heavy (non-hydrogen) atoms. The van der Waals surface area contributed by atoms with Crippen molar-refractivity contribution in [3.05, 3.63) is 41.2 Å². The van der Waals surface area contributed by atoms with Gasteiger partial charge in [-0.15, -0.1) is 0 Å². The molecule has 0 saturated carbocycles. The van der Waals surface area contributed by atoms with E-state index in [1.54, 1.807) is 7.11 Å². The van der Waals surface area contributed by atoms with Crippen LogP contribution in [0.5, 0.6) is 5.75 Å². The van der Waals surface area contributed by atoms with Crippen molar-refractivity contribution >= 4 is 0 Å². The number of nitrogens with one attached hydrogen (secondary N) is 1. The highest BCUT2D eigenvalue weighted by Gasteiger charge is 2.23. The van der Waals surface area contributed by atoms with E-state index in [-0.39, 0.29) is 6.04 Å². The van der Waals surface area contributed by atoms with Gasteiger partial charge in [0.05, 0.1) is 37.7 Å². The van der Waals surface area contributed by atoms with E-state index in [1.165, 1.54) is 5.56 Å². The first-order valence-electron chi connectivity index (χ1n) is 7.22. The SMILES string of the molecule is COc1cccc(-n2nc(C)c(C3COCCN3)c2C)c1. The van der Waals surface area contributed by atoms with E-state index in [9.17, 15) is 0 Å². The number of hydrogen-bond acceptors (Lipinski definition) is 4. The molecule has 0 amide bonds. The van der Waals surface area contributed by atoms with Crippen molar-refractivity contribution in [3.63, 3.8) is 0 Å². The normalized spacial score (nSPS) is 18.7. The van der Waals surface area contributed by atoms with Crippen LogP contribution in [0.3, 0.4) is 0 Å². The lowest BCUT2D eigenvalue weighted by molar-refractivity contribution is 0.0765. The van der Waals surface area contributed by atoms with Crippen LogP contribution in [-0.2, 0) is 4.74 Å². The number of morpholine rings is 1. The topological polar surface area (TPSA) is 48.3 Å². The van der Waals surface area contributed by atoms with Crippen LogP contribution >= 0.6 is 0 Å². The smallest absolute Gasteiger partial charge is 0.121 e. The van der Waals surface area contributed by atoms with Crippen molar-refractivity contribution in [3.8, 4) is 11.4 Å². The zero-order valence-electron chi connectivity index (χ0n) is 12.7. The number of benzene rings is 1. The molecule has 2 heterocycles. The number of nitrogens with zero attached hydrogens (tertiary/aromatic N) is 2. The molecule has 1 unspecified atom stereocenters. The molecule has 1 saturated heterocycles. The quantitative estimate of drug-likeness (QED) is 0.940. The van der Waals surface area contributed by atoms with Crippen molar-refractivity contribution in [1.82, 2.24) is 15.1 Å². The molecular weight excluding hydrogens is 266 g/mol. The fraction of sp³-hybridized carbons (Fsp3) is 0.438. The monoisotopic (exact) mass is 287 g/mol. The van der Waals surface area contributed by atoms with Gasteiger partial charge in [-0.3, -0.25) is 0 Å². The van der Waals surface area contributed by atoms with Crippen LogP contribution in [0.15, 0.2) is 24.3 Å². The van der Waals surface area contributed by atoms with Crippen molar-refractivity contribution in [1.29, 1.82) is 0 Å². The van der Waals surface area contributed by atoms with Crippen molar-refractivity contribution in [2.75, 3.05) is 26.9 Å². The predicted octanol–water partition coefficient (Wildman–Crippen LogP) is 2.16. The molecular formula is C16H21N3O2. The third-order valence-corrected chi connectivity index (χ3v) is 3.92. The molecule has 0 radical (unpaired) electrons. The number of ether oxygens (including phenoxy) is 2. The fourth-order valence-electron chi connectivity index (χ4n) is 2.90. The standard InChI is InChI=1S/C16H21N3O2/c1-11-16(15-10-21-8-7-17-15)12(2)19(18-11)13-5-4-6-14(9-13)20-3/h4-6,9,15,17H,7-8,10H2,1-3H3. The van der Waals surface area contributed by atoms with Gasteiger partial charge in [-0.25, -0.2) is 4.68 Å². The van der Waals surface area contributed by atoms with Crippen LogP contribution in [0.2, 0.25) is 0 Å². The average Bonchev–Trinajstić information content (AvgIpc) is 2.83.